The first kappa shape index (κ1) is 32.6. The maximum atomic E-state index is 14.4. The van der Waals surface area contributed by atoms with Crippen molar-refractivity contribution in [3.63, 3.8) is 0 Å². The number of benzene rings is 2. The molecular formula is C23H15F13N4O2. The van der Waals surface area contributed by atoms with Crippen molar-refractivity contribution in [3.8, 4) is 17.1 Å². The van der Waals surface area contributed by atoms with Crippen LogP contribution < -0.4 is 5.73 Å². The number of nitrogens with zero attached hydrogens (tertiary/aromatic N) is 3. The number of hydrogen-bond acceptors (Lipinski definition) is 4. The van der Waals surface area contributed by atoms with Crippen LogP contribution in [0.2, 0.25) is 0 Å². The molecule has 1 heterocycles. The molecule has 0 bridgehead atoms. The number of hydrogen-bond donors (Lipinski definition) is 1. The van der Waals surface area contributed by atoms with E-state index in [1.165, 1.54) is 30.3 Å². The topological polar surface area (TPSA) is 83.0 Å². The molecule has 0 atom stereocenters. The van der Waals surface area contributed by atoms with E-state index in [9.17, 15) is 61.9 Å². The van der Waals surface area contributed by atoms with Gasteiger partial charge in [0.2, 0.25) is 5.82 Å². The normalized spacial score (nSPS) is 13.6. The minimum atomic E-state index is -7.67. The van der Waals surface area contributed by atoms with Crippen LogP contribution in [0.25, 0.3) is 17.1 Å². The van der Waals surface area contributed by atoms with E-state index in [2.05, 4.69) is 14.8 Å². The van der Waals surface area contributed by atoms with Crippen molar-refractivity contribution in [2.45, 2.75) is 42.6 Å². The second-order valence-electron chi connectivity index (χ2n) is 8.53. The number of primary amides is 1. The third-order valence-corrected chi connectivity index (χ3v) is 5.59. The molecule has 0 aliphatic heterocycles. The summed E-state index contributed by atoms with van der Waals surface area (Å²) in [5, 5.41) is 3.81. The Kier molecular flexibility index (Phi) is 8.59. The van der Waals surface area contributed by atoms with Crippen LogP contribution in [-0.4, -0.2) is 63.3 Å². The number of aromatic nitrogens is 3. The van der Waals surface area contributed by atoms with Crippen molar-refractivity contribution < 1.29 is 66.6 Å². The second kappa shape index (κ2) is 11.1. The van der Waals surface area contributed by atoms with E-state index in [1.807, 2.05) is 0 Å². The van der Waals surface area contributed by atoms with Gasteiger partial charge in [-0.25, -0.2) is 22.8 Å². The van der Waals surface area contributed by atoms with Gasteiger partial charge in [-0.05, 0) is 29.8 Å². The average Bonchev–Trinajstić information content (AvgIpc) is 3.34. The van der Waals surface area contributed by atoms with Crippen LogP contribution in [0.3, 0.4) is 0 Å². The Morgan fingerprint density at radius 3 is 2.07 bits per heavy atom. The summed E-state index contributed by atoms with van der Waals surface area (Å²) >= 11 is 0. The summed E-state index contributed by atoms with van der Waals surface area (Å²) in [5.41, 5.74) is 4.69. The van der Waals surface area contributed by atoms with Gasteiger partial charge in [0.15, 0.2) is 5.82 Å². The van der Waals surface area contributed by atoms with Crippen molar-refractivity contribution in [1.82, 2.24) is 14.8 Å². The third kappa shape index (κ3) is 5.48. The van der Waals surface area contributed by atoms with Gasteiger partial charge >= 0.3 is 36.0 Å². The van der Waals surface area contributed by atoms with Gasteiger partial charge in [-0.15, -0.1) is 5.10 Å². The number of ether oxygens (including phenoxy) is 1. The number of rotatable bonds is 12. The summed E-state index contributed by atoms with van der Waals surface area (Å²) in [5.74, 6) is -38.8. The molecule has 1 amide bonds. The van der Waals surface area contributed by atoms with Crippen LogP contribution >= 0.6 is 0 Å². The Balaban J connectivity index is 1.85. The van der Waals surface area contributed by atoms with Crippen molar-refractivity contribution in [1.29, 1.82) is 0 Å². The van der Waals surface area contributed by atoms with Gasteiger partial charge in [-0.1, -0.05) is 24.3 Å². The molecule has 2 N–H and O–H groups in total. The zero-order chi connectivity index (χ0) is 31.9. The van der Waals surface area contributed by atoms with Gasteiger partial charge in [-0.3, -0.25) is 4.79 Å². The quantitative estimate of drug-likeness (QED) is 0.246. The monoisotopic (exact) mass is 626 g/mol. The maximum Gasteiger partial charge on any atom is 0.384 e. The molecule has 19 heteroatoms. The summed E-state index contributed by atoms with van der Waals surface area (Å²) in [4.78, 5) is 15.4. The highest BCUT2D eigenvalue weighted by Gasteiger charge is 2.87. The zero-order valence-electron chi connectivity index (χ0n) is 20.3. The number of carbonyl (C=O) groups excluding carboxylic acids is 1. The fourth-order valence-corrected chi connectivity index (χ4v) is 3.35. The molecule has 0 saturated heterocycles. The van der Waals surface area contributed by atoms with E-state index >= 15 is 0 Å². The fraction of sp³-hybridized carbons (Fsp3) is 0.348. The predicted octanol–water partition coefficient (Wildman–Crippen LogP) is 6.13. The molecule has 230 valence electrons. The molecule has 6 nitrogen and oxygen atoms in total. The lowest BCUT2D eigenvalue weighted by Crippen LogP contribution is -2.69. The first-order valence-corrected chi connectivity index (χ1v) is 11.0. The molecule has 42 heavy (non-hydrogen) atoms. The summed E-state index contributed by atoms with van der Waals surface area (Å²) in [6.45, 7) is -3.88. The standard InChI is InChI=1S/C23H15F13N4O2/c24-14-7-2-1-6-13(14)17-38-16(15(37)41)39-40(17)12-5-3-4-11(8-12)9-42-10-19(27,28)21(31,32)23(35,36)22(33,34)20(29,30)18(25)26/h1-8,18H,9-10H2,(H2,37,41). The van der Waals surface area contributed by atoms with Gasteiger partial charge in [0.1, 0.15) is 12.4 Å². The molecule has 0 aliphatic carbocycles. The first-order chi connectivity index (χ1) is 19.2. The average molecular weight is 626 g/mol. The Hall–Kier alpha value is -3.90. The van der Waals surface area contributed by atoms with Crippen molar-refractivity contribution in [3.05, 3.63) is 65.7 Å². The van der Waals surface area contributed by atoms with E-state index < -0.39 is 66.8 Å². The smallest absolute Gasteiger partial charge is 0.370 e. The highest BCUT2D eigenvalue weighted by molar-refractivity contribution is 5.89. The minimum absolute atomic E-state index is 0.0770. The van der Waals surface area contributed by atoms with E-state index in [1.54, 1.807) is 0 Å². The van der Waals surface area contributed by atoms with Crippen LogP contribution in [-0.2, 0) is 11.3 Å². The number of carbonyl (C=O) groups is 1. The summed E-state index contributed by atoms with van der Waals surface area (Å²) in [7, 11) is 0. The Bertz CT molecular complexity index is 1440. The van der Waals surface area contributed by atoms with Gasteiger partial charge in [0.25, 0.3) is 5.91 Å². The number of nitrogens with two attached hydrogens (primary N) is 1. The zero-order valence-corrected chi connectivity index (χ0v) is 20.3. The highest BCUT2D eigenvalue weighted by Crippen LogP contribution is 2.58. The number of halogens is 13. The Labute approximate surface area is 225 Å². The minimum Gasteiger partial charge on any atom is -0.370 e. The maximum absolute atomic E-state index is 14.4. The lowest BCUT2D eigenvalue weighted by Gasteiger charge is -2.39. The lowest BCUT2D eigenvalue weighted by atomic mass is 9.94. The Morgan fingerprint density at radius 1 is 0.881 bits per heavy atom. The van der Waals surface area contributed by atoms with Crippen LogP contribution in [0.15, 0.2) is 48.5 Å². The van der Waals surface area contributed by atoms with Gasteiger partial charge in [0.05, 0.1) is 17.9 Å². The van der Waals surface area contributed by atoms with Crippen LogP contribution in [0.5, 0.6) is 0 Å². The van der Waals surface area contributed by atoms with E-state index in [0.717, 1.165) is 22.9 Å². The molecule has 3 rings (SSSR count). The van der Waals surface area contributed by atoms with Crippen LogP contribution in [0.1, 0.15) is 16.2 Å². The molecule has 0 radical (unpaired) electrons. The summed E-state index contributed by atoms with van der Waals surface area (Å²) < 4.78 is 180. The van der Waals surface area contributed by atoms with Gasteiger partial charge < -0.3 is 10.5 Å². The third-order valence-electron chi connectivity index (χ3n) is 5.59. The fourth-order valence-electron chi connectivity index (χ4n) is 3.35. The molecule has 3 aromatic rings. The van der Waals surface area contributed by atoms with Gasteiger partial charge in [0, 0.05) is 0 Å². The molecule has 0 spiro atoms. The first-order valence-electron chi connectivity index (χ1n) is 11.0. The summed E-state index contributed by atoms with van der Waals surface area (Å²) in [6, 6.07) is 9.56. The second-order valence-corrected chi connectivity index (χ2v) is 8.53. The largest absolute Gasteiger partial charge is 0.384 e. The molecule has 0 aliphatic rings. The molecule has 2 aromatic carbocycles. The van der Waals surface area contributed by atoms with Crippen molar-refractivity contribution in [2.75, 3.05) is 6.61 Å². The molecule has 0 saturated carbocycles. The van der Waals surface area contributed by atoms with E-state index in [0.29, 0.717) is 0 Å². The number of amides is 1. The SMILES string of the molecule is NC(=O)c1nc(-c2ccccc2F)n(-c2cccc(COCC(F)(F)C(F)(F)C(F)(F)C(F)(F)C(F)(F)C(F)F)c2)n1. The van der Waals surface area contributed by atoms with Gasteiger partial charge in [-0.2, -0.15) is 43.9 Å². The molecule has 0 fully saturated rings. The molecular weight excluding hydrogens is 611 g/mol. The number of alkyl halides is 12. The molecule has 0 unspecified atom stereocenters. The van der Waals surface area contributed by atoms with Crippen LogP contribution in [0.4, 0.5) is 57.1 Å². The van der Waals surface area contributed by atoms with Crippen LogP contribution in [0, 0.1) is 5.82 Å². The van der Waals surface area contributed by atoms with Crippen molar-refractivity contribution >= 4 is 5.91 Å². The summed E-state index contributed by atoms with van der Waals surface area (Å²) in [6.07, 6.45) is -5.60. The van der Waals surface area contributed by atoms with E-state index in [-0.39, 0.29) is 22.6 Å². The lowest BCUT2D eigenvalue weighted by molar-refractivity contribution is -0.415. The predicted molar refractivity (Wildman–Crippen MR) is 116 cm³/mol. The molecule has 1 aromatic heterocycles. The van der Waals surface area contributed by atoms with E-state index in [4.69, 9.17) is 5.73 Å². The highest BCUT2D eigenvalue weighted by atomic mass is 19.4. The Morgan fingerprint density at radius 2 is 1.50 bits per heavy atom. The van der Waals surface area contributed by atoms with Crippen molar-refractivity contribution in [2.24, 2.45) is 5.73 Å².